The summed E-state index contributed by atoms with van der Waals surface area (Å²) >= 11 is 0.358. The average Bonchev–Trinajstić information content (AvgIpc) is 3.09. The van der Waals surface area contributed by atoms with E-state index in [1.807, 2.05) is 27.7 Å². The molecule has 0 aromatic carbocycles. The van der Waals surface area contributed by atoms with Crippen molar-refractivity contribution in [2.75, 3.05) is 0 Å². The fourth-order valence-electron chi connectivity index (χ4n) is 0.664. The van der Waals surface area contributed by atoms with Gasteiger partial charge in [0.25, 0.3) is 0 Å². The van der Waals surface area contributed by atoms with Gasteiger partial charge in [-0.3, -0.25) is 0 Å². The molecule has 2 heterocycles. The van der Waals surface area contributed by atoms with Crippen LogP contribution < -0.4 is 0 Å². The molecule has 2 aliphatic heterocycles. The second-order valence-electron chi connectivity index (χ2n) is 5.70. The first-order valence-electron chi connectivity index (χ1n) is 7.80. The van der Waals surface area contributed by atoms with Crippen molar-refractivity contribution in [3.05, 3.63) is 0 Å². The fourth-order valence-corrected chi connectivity index (χ4v) is 5.83. The molecule has 32 heavy (non-hydrogen) atoms. The summed E-state index contributed by atoms with van der Waals surface area (Å²) in [6.07, 6.45) is 2.35. The molecule has 0 bridgehead atoms. The van der Waals surface area contributed by atoms with Gasteiger partial charge in [0, 0.05) is 0 Å². The van der Waals surface area contributed by atoms with Gasteiger partial charge in [0.2, 0.25) is 0 Å². The van der Waals surface area contributed by atoms with E-state index < -0.39 is 48.2 Å². The molecular formula is C14H44Bi4O14. The van der Waals surface area contributed by atoms with E-state index in [2.05, 4.69) is 27.7 Å². The maximum atomic E-state index is 5.22. The van der Waals surface area contributed by atoms with E-state index in [9.17, 15) is 0 Å². The normalized spacial score (nSPS) is 21.4. The molecule has 14 nitrogen and oxygen atoms in total. The predicted molar refractivity (Wildman–Crippen MR) is 123 cm³/mol. The van der Waals surface area contributed by atoms with Crippen LogP contribution in [-0.4, -0.2) is 179 Å². The Morgan fingerprint density at radius 2 is 0.969 bits per heavy atom. The molecule has 204 valence electrons. The van der Waals surface area contributed by atoms with Gasteiger partial charge in [0.15, 0.2) is 0 Å². The summed E-state index contributed by atoms with van der Waals surface area (Å²) in [5.74, 6) is 0. The maximum absolute atomic E-state index is 5.22. The zero-order chi connectivity index (χ0) is 19.1. The molecule has 0 aliphatic carbocycles. The summed E-state index contributed by atoms with van der Waals surface area (Å²) in [7, 11) is 0. The van der Waals surface area contributed by atoms with Crippen molar-refractivity contribution < 1.29 is 60.7 Å². The van der Waals surface area contributed by atoms with Gasteiger partial charge in [-0.1, -0.05) is 0 Å². The molecule has 8 radical (unpaired) electrons. The zero-order valence-electron chi connectivity index (χ0n) is 19.6. The van der Waals surface area contributed by atoms with Crippen LogP contribution >= 0.6 is 0 Å². The molecule has 4 atom stereocenters. The van der Waals surface area contributed by atoms with Crippen molar-refractivity contribution >= 4 is 98.6 Å². The van der Waals surface area contributed by atoms with Gasteiger partial charge in [0.05, 0.1) is 0 Å². The fraction of sp³-hybridized carbons (Fsp3) is 1.00. The van der Waals surface area contributed by atoms with Crippen LogP contribution in [-0.2, 0) is 16.9 Å². The summed E-state index contributed by atoms with van der Waals surface area (Å²) in [5.41, 5.74) is 0. The topological polar surface area (TPSA) is 304 Å². The molecule has 0 aromatic heterocycles. The van der Waals surface area contributed by atoms with Crippen LogP contribution in [0.5, 0.6) is 0 Å². The molecule has 0 aromatic rings. The van der Waals surface area contributed by atoms with Gasteiger partial charge in [0.1, 0.15) is 0 Å². The Balaban J connectivity index is -0.0000000235. The second-order valence-corrected chi connectivity index (χ2v) is 11.8. The standard InChI is InChI=1S/2C4H8O2.2C3H7O.4Bi.8H2O/c2*1-3(5)4(2)6;2*1-3(2)4;;;;;;;;;;;;/h2*3-4H,1-2H3;2*3H,1-2H3;;;;;8*1H2/q2*-2;2*-1;+1;2*+2;+3;;;;;;;;/p-2. The van der Waals surface area contributed by atoms with Crippen molar-refractivity contribution in [1.82, 2.24) is 0 Å². The Morgan fingerprint density at radius 1 is 0.719 bits per heavy atom. The van der Waals surface area contributed by atoms with Gasteiger partial charge in [-0.2, -0.15) is 0 Å². The Kier molecular flexibility index (Phi) is 89.0. The summed E-state index contributed by atoms with van der Waals surface area (Å²) in [6.45, 7) is 16.3. The van der Waals surface area contributed by atoms with Crippen molar-refractivity contribution in [2.45, 2.75) is 92.0 Å². The minimum absolute atomic E-state index is 0. The average molecular weight is 1270 g/mol. The monoisotopic (exact) mass is 1270 g/mol. The van der Waals surface area contributed by atoms with Crippen LogP contribution in [0.25, 0.3) is 0 Å². The third-order valence-electron chi connectivity index (χ3n) is 2.58. The molecule has 4 unspecified atom stereocenters. The smallest absolute Gasteiger partial charge is 0.412 e. The van der Waals surface area contributed by atoms with Gasteiger partial charge in [-0.15, -0.1) is 0 Å². The second kappa shape index (κ2) is 44.0. The van der Waals surface area contributed by atoms with E-state index >= 15 is 0 Å². The van der Waals surface area contributed by atoms with Crippen LogP contribution in [0.15, 0.2) is 0 Å². The van der Waals surface area contributed by atoms with Crippen molar-refractivity contribution in [2.24, 2.45) is 0 Å². The van der Waals surface area contributed by atoms with Gasteiger partial charge >= 0.3 is 207 Å². The van der Waals surface area contributed by atoms with Crippen LogP contribution in [0.3, 0.4) is 0 Å². The SMILES string of the molecule is CC(C)[O][Bi+].CC(C)[O][Bi].CC1[O][Bi+][O]C1C.CC1[O][Bi][O]C1C.O.O.O.O.O.O.[OH-].[OH-]. The molecule has 14 N–H and O–H groups in total. The number of hydrogen-bond acceptors (Lipinski definition) is 8. The molecular weight excluding hydrogens is 1230 g/mol. The Labute approximate surface area is 248 Å². The molecule has 0 spiro atoms. The third-order valence-corrected chi connectivity index (χ3v) is 12.4. The van der Waals surface area contributed by atoms with Gasteiger partial charge in [-0.25, -0.2) is 0 Å². The van der Waals surface area contributed by atoms with Crippen LogP contribution in [0.4, 0.5) is 0 Å². The summed E-state index contributed by atoms with van der Waals surface area (Å²) < 4.78 is 30.6. The first-order chi connectivity index (χ1) is 11.1. The van der Waals surface area contributed by atoms with E-state index in [-0.39, 0.29) is 43.8 Å². The predicted octanol–water partition coefficient (Wildman–Crippen LogP) is -3.62. The minimum Gasteiger partial charge on any atom is -0.870 e. The van der Waals surface area contributed by atoms with Crippen LogP contribution in [0.1, 0.15) is 55.4 Å². The number of hydrogen-bond donors (Lipinski definition) is 0. The minimum atomic E-state index is -0.860. The molecule has 2 saturated heterocycles. The molecule has 2 rings (SSSR count). The van der Waals surface area contributed by atoms with Crippen LogP contribution in [0, 0.1) is 0 Å². The summed E-state index contributed by atoms with van der Waals surface area (Å²) in [5, 5.41) is 0. The Morgan fingerprint density at radius 3 is 1.03 bits per heavy atom. The summed E-state index contributed by atoms with van der Waals surface area (Å²) in [4.78, 5) is 0. The third kappa shape index (κ3) is 46.3. The quantitative estimate of drug-likeness (QED) is 0.248. The first-order valence-corrected chi connectivity index (χ1v) is 16.3. The van der Waals surface area contributed by atoms with Crippen LogP contribution in [0.2, 0.25) is 0 Å². The van der Waals surface area contributed by atoms with Crippen molar-refractivity contribution in [3.8, 4) is 0 Å². The molecule has 18 heteroatoms. The van der Waals surface area contributed by atoms with Crippen molar-refractivity contribution in [3.63, 3.8) is 0 Å². The largest absolute Gasteiger partial charge is 0.870 e. The Bertz CT molecular complexity index is 244. The molecule has 2 aliphatic rings. The molecule has 0 saturated carbocycles. The van der Waals surface area contributed by atoms with E-state index in [1.165, 1.54) is 0 Å². The maximum Gasteiger partial charge on any atom is -0.412 e. The van der Waals surface area contributed by atoms with E-state index in [0.717, 1.165) is 50.3 Å². The Hall–Kier alpha value is 2.97. The molecule has 2 fully saturated rings. The van der Waals surface area contributed by atoms with E-state index in [0.29, 0.717) is 36.6 Å². The zero-order valence-corrected chi connectivity index (χ0v) is 33.5. The van der Waals surface area contributed by atoms with E-state index in [4.69, 9.17) is 16.9 Å². The summed E-state index contributed by atoms with van der Waals surface area (Å²) in [6, 6.07) is 0. The first kappa shape index (κ1) is 64.7. The van der Waals surface area contributed by atoms with Gasteiger partial charge < -0.3 is 43.8 Å². The van der Waals surface area contributed by atoms with Gasteiger partial charge in [-0.05, 0) is 0 Å². The van der Waals surface area contributed by atoms with E-state index in [1.54, 1.807) is 0 Å². The number of rotatable bonds is 2. The van der Waals surface area contributed by atoms with Crippen molar-refractivity contribution in [1.29, 1.82) is 0 Å². The molecule has 0 amide bonds.